The summed E-state index contributed by atoms with van der Waals surface area (Å²) in [6.07, 6.45) is 0. The van der Waals surface area contributed by atoms with Crippen LogP contribution in [0.15, 0.2) is 48.5 Å². The molecular formula is C22H21FN2O5. The smallest absolute Gasteiger partial charge is 0.326 e. The molecule has 156 valence electrons. The zero-order chi connectivity index (χ0) is 22.1. The van der Waals surface area contributed by atoms with E-state index in [1.807, 2.05) is 0 Å². The number of para-hydroxylation sites is 1. The third-order valence-electron chi connectivity index (χ3n) is 4.32. The number of nitrogens with zero attached hydrogens (tertiary/aromatic N) is 2. The summed E-state index contributed by atoms with van der Waals surface area (Å²) < 4.78 is 19.6. The normalized spacial score (nSPS) is 13.3. The average Bonchev–Trinajstić information content (AvgIpc) is 2.90. The van der Waals surface area contributed by atoms with Crippen molar-refractivity contribution >= 4 is 29.4 Å². The van der Waals surface area contributed by atoms with Gasteiger partial charge in [-0.15, -0.1) is 0 Å². The first-order valence-corrected chi connectivity index (χ1v) is 9.30. The number of hydrogen-bond acceptors (Lipinski definition) is 5. The van der Waals surface area contributed by atoms with Gasteiger partial charge in [0.1, 0.15) is 24.5 Å². The molecule has 0 spiro atoms. The van der Waals surface area contributed by atoms with Crippen LogP contribution in [0.4, 0.5) is 10.1 Å². The Morgan fingerprint density at radius 3 is 2.03 bits per heavy atom. The predicted octanol–water partition coefficient (Wildman–Crippen LogP) is 2.80. The Morgan fingerprint density at radius 1 is 0.967 bits per heavy atom. The molecule has 0 aliphatic carbocycles. The molecule has 8 heteroatoms. The third-order valence-corrected chi connectivity index (χ3v) is 4.32. The number of carbonyl (C=O) groups excluding carboxylic acids is 4. The van der Waals surface area contributed by atoms with Crippen molar-refractivity contribution in [3.05, 3.63) is 65.5 Å². The molecule has 0 atom stereocenters. The number of benzene rings is 2. The van der Waals surface area contributed by atoms with Gasteiger partial charge < -0.3 is 4.74 Å². The predicted molar refractivity (Wildman–Crippen MR) is 106 cm³/mol. The van der Waals surface area contributed by atoms with Gasteiger partial charge in [0, 0.05) is 0 Å². The molecule has 1 heterocycles. The molecule has 1 aliphatic rings. The van der Waals surface area contributed by atoms with E-state index in [4.69, 9.17) is 4.74 Å². The van der Waals surface area contributed by atoms with Gasteiger partial charge in [-0.2, -0.15) is 0 Å². The van der Waals surface area contributed by atoms with Crippen LogP contribution in [0.5, 0.6) is 0 Å². The van der Waals surface area contributed by atoms with E-state index in [9.17, 15) is 23.6 Å². The summed E-state index contributed by atoms with van der Waals surface area (Å²) in [7, 11) is 0. The summed E-state index contributed by atoms with van der Waals surface area (Å²) in [6.45, 7) is 3.79. The summed E-state index contributed by atoms with van der Waals surface area (Å²) in [4.78, 5) is 52.1. The first kappa shape index (κ1) is 21.2. The highest BCUT2D eigenvalue weighted by Gasteiger charge is 2.38. The maximum absolute atomic E-state index is 14.4. The van der Waals surface area contributed by atoms with E-state index in [0.29, 0.717) is 0 Å². The van der Waals surface area contributed by atoms with Gasteiger partial charge in [0.25, 0.3) is 11.8 Å². The number of ether oxygens (including phenoxy) is 1. The summed E-state index contributed by atoms with van der Waals surface area (Å²) in [5.74, 6) is -3.50. The largest absolute Gasteiger partial charge is 0.459 e. The van der Waals surface area contributed by atoms with Gasteiger partial charge in [-0.05, 0) is 45.0 Å². The van der Waals surface area contributed by atoms with Crippen LogP contribution >= 0.6 is 0 Å². The second-order valence-electron chi connectivity index (χ2n) is 7.76. The fourth-order valence-corrected chi connectivity index (χ4v) is 3.08. The van der Waals surface area contributed by atoms with Crippen LogP contribution in [0.2, 0.25) is 0 Å². The van der Waals surface area contributed by atoms with Gasteiger partial charge in [0.15, 0.2) is 0 Å². The Labute approximate surface area is 173 Å². The first-order valence-electron chi connectivity index (χ1n) is 9.30. The SMILES string of the molecule is CC(C)(C)OC(=O)CN(C(=O)CN1C(=O)c2ccccc2C1=O)c1ccccc1F. The van der Waals surface area contributed by atoms with Crippen LogP contribution in [0.25, 0.3) is 0 Å². The molecule has 7 nitrogen and oxygen atoms in total. The molecule has 2 aromatic carbocycles. The molecule has 0 bridgehead atoms. The summed E-state index contributed by atoms with van der Waals surface area (Å²) in [5, 5.41) is 0. The molecule has 0 saturated carbocycles. The van der Waals surface area contributed by atoms with E-state index in [1.54, 1.807) is 32.9 Å². The fourth-order valence-electron chi connectivity index (χ4n) is 3.08. The lowest BCUT2D eigenvalue weighted by Crippen LogP contribution is -2.46. The van der Waals surface area contributed by atoms with Gasteiger partial charge in [-0.1, -0.05) is 24.3 Å². The minimum atomic E-state index is -0.802. The Balaban J connectivity index is 1.86. The van der Waals surface area contributed by atoms with Crippen molar-refractivity contribution in [1.29, 1.82) is 0 Å². The Morgan fingerprint density at radius 2 is 1.50 bits per heavy atom. The number of carbonyl (C=O) groups is 4. The highest BCUT2D eigenvalue weighted by atomic mass is 19.1. The number of imide groups is 1. The number of amides is 3. The van der Waals surface area contributed by atoms with Gasteiger partial charge in [0.05, 0.1) is 16.8 Å². The second kappa shape index (κ2) is 8.06. The van der Waals surface area contributed by atoms with Crippen LogP contribution in [0.1, 0.15) is 41.5 Å². The molecule has 0 radical (unpaired) electrons. The summed E-state index contributed by atoms with van der Waals surface area (Å²) in [5.41, 5.74) is -0.562. The number of halogens is 1. The molecule has 0 saturated heterocycles. The number of fused-ring (bicyclic) bond motifs is 1. The van der Waals surface area contributed by atoms with Crippen LogP contribution in [-0.2, 0) is 14.3 Å². The summed E-state index contributed by atoms with van der Waals surface area (Å²) >= 11 is 0. The maximum atomic E-state index is 14.4. The second-order valence-corrected chi connectivity index (χ2v) is 7.76. The van der Waals surface area contributed by atoms with Gasteiger partial charge in [0.2, 0.25) is 5.91 Å². The highest BCUT2D eigenvalue weighted by molar-refractivity contribution is 6.22. The van der Waals surface area contributed by atoms with E-state index in [2.05, 4.69) is 0 Å². The van der Waals surface area contributed by atoms with Gasteiger partial charge in [-0.25, -0.2) is 4.39 Å². The van der Waals surface area contributed by atoms with Crippen LogP contribution < -0.4 is 4.90 Å². The molecule has 3 amide bonds. The van der Waals surface area contributed by atoms with Crippen LogP contribution in [-0.4, -0.2) is 47.3 Å². The average molecular weight is 412 g/mol. The van der Waals surface area contributed by atoms with Gasteiger partial charge in [-0.3, -0.25) is 29.0 Å². The van der Waals surface area contributed by atoms with Crippen molar-refractivity contribution < 1.29 is 28.3 Å². The molecule has 0 aromatic heterocycles. The molecule has 3 rings (SSSR count). The molecular weight excluding hydrogens is 391 g/mol. The minimum absolute atomic E-state index is 0.148. The lowest BCUT2D eigenvalue weighted by molar-refractivity contribution is -0.153. The zero-order valence-electron chi connectivity index (χ0n) is 16.8. The number of hydrogen-bond donors (Lipinski definition) is 0. The minimum Gasteiger partial charge on any atom is -0.459 e. The van der Waals surface area contributed by atoms with Crippen molar-refractivity contribution in [3.63, 3.8) is 0 Å². The van der Waals surface area contributed by atoms with Crippen LogP contribution in [0.3, 0.4) is 0 Å². The van der Waals surface area contributed by atoms with Crippen molar-refractivity contribution in [2.45, 2.75) is 26.4 Å². The van der Waals surface area contributed by atoms with Crippen molar-refractivity contribution in [2.24, 2.45) is 0 Å². The lowest BCUT2D eigenvalue weighted by Gasteiger charge is -2.26. The van der Waals surface area contributed by atoms with E-state index < -0.39 is 48.2 Å². The standard InChI is InChI=1S/C22H21FN2O5/c1-22(2,3)30-19(27)13-24(17-11-7-6-10-16(17)23)18(26)12-25-20(28)14-8-4-5-9-15(14)21(25)29/h4-11H,12-13H2,1-3H3. The highest BCUT2D eigenvalue weighted by Crippen LogP contribution is 2.24. The molecule has 1 aliphatic heterocycles. The zero-order valence-corrected chi connectivity index (χ0v) is 16.8. The quantitative estimate of drug-likeness (QED) is 0.557. The van der Waals surface area contributed by atoms with Crippen molar-refractivity contribution in [3.8, 4) is 0 Å². The van der Waals surface area contributed by atoms with E-state index in [-0.39, 0.29) is 16.8 Å². The monoisotopic (exact) mass is 412 g/mol. The Bertz CT molecular complexity index is 993. The third kappa shape index (κ3) is 4.37. The number of esters is 1. The maximum Gasteiger partial charge on any atom is 0.326 e. The van der Waals surface area contributed by atoms with E-state index >= 15 is 0 Å². The van der Waals surface area contributed by atoms with Crippen molar-refractivity contribution in [1.82, 2.24) is 4.90 Å². The fraction of sp³-hybridized carbons (Fsp3) is 0.273. The van der Waals surface area contributed by atoms with E-state index in [0.717, 1.165) is 15.9 Å². The molecule has 0 N–H and O–H groups in total. The first-order chi connectivity index (χ1) is 14.1. The Kier molecular flexibility index (Phi) is 5.69. The molecule has 2 aromatic rings. The topological polar surface area (TPSA) is 84.0 Å². The lowest BCUT2D eigenvalue weighted by atomic mass is 10.1. The molecule has 0 fully saturated rings. The molecule has 30 heavy (non-hydrogen) atoms. The number of anilines is 1. The van der Waals surface area contributed by atoms with Crippen LogP contribution in [0, 0.1) is 5.82 Å². The summed E-state index contributed by atoms with van der Waals surface area (Å²) in [6, 6.07) is 11.7. The Hall–Kier alpha value is -3.55. The van der Waals surface area contributed by atoms with E-state index in [1.165, 1.54) is 30.3 Å². The molecule has 0 unspecified atom stereocenters. The van der Waals surface area contributed by atoms with Gasteiger partial charge >= 0.3 is 5.97 Å². The van der Waals surface area contributed by atoms with Crippen molar-refractivity contribution in [2.75, 3.05) is 18.0 Å². The number of rotatable bonds is 5.